The Bertz CT molecular complexity index is 474. The van der Waals surface area contributed by atoms with E-state index in [9.17, 15) is 8.42 Å². The maximum absolute atomic E-state index is 12.0. The van der Waals surface area contributed by atoms with Crippen molar-refractivity contribution in [2.24, 2.45) is 11.3 Å². The zero-order chi connectivity index (χ0) is 13.3. The molecule has 17 heavy (non-hydrogen) atoms. The molecule has 0 fully saturated rings. The van der Waals surface area contributed by atoms with Crippen LogP contribution < -0.4 is 4.72 Å². The molecule has 98 valence electrons. The van der Waals surface area contributed by atoms with Gasteiger partial charge in [-0.15, -0.1) is 11.3 Å². The zero-order valence-corrected chi connectivity index (χ0v) is 13.7. The van der Waals surface area contributed by atoms with Gasteiger partial charge in [-0.05, 0) is 38.7 Å². The largest absolute Gasteiger partial charge is 0.251 e. The summed E-state index contributed by atoms with van der Waals surface area (Å²) >= 11 is 4.46. The lowest BCUT2D eigenvalue weighted by Crippen LogP contribution is -2.33. The zero-order valence-electron chi connectivity index (χ0n) is 10.5. The van der Waals surface area contributed by atoms with Gasteiger partial charge in [0.2, 0.25) is 0 Å². The second-order valence-electron chi connectivity index (χ2n) is 5.17. The van der Waals surface area contributed by atoms with Gasteiger partial charge < -0.3 is 0 Å². The molecule has 1 atom stereocenters. The Labute approximate surface area is 116 Å². The average Bonchev–Trinajstić information content (AvgIpc) is 2.60. The third-order valence-corrected chi connectivity index (χ3v) is 6.98. The lowest BCUT2D eigenvalue weighted by Gasteiger charge is -2.27. The predicted molar refractivity (Wildman–Crippen MR) is 75.8 cm³/mol. The summed E-state index contributed by atoms with van der Waals surface area (Å²) in [4.78, 5) is 0. The van der Waals surface area contributed by atoms with E-state index in [2.05, 4.69) is 41.4 Å². The highest BCUT2D eigenvalue weighted by Gasteiger charge is 2.24. The Hall–Kier alpha value is 0.0900. The highest BCUT2D eigenvalue weighted by Crippen LogP contribution is 2.28. The lowest BCUT2D eigenvalue weighted by atomic mass is 9.82. The van der Waals surface area contributed by atoms with Crippen LogP contribution in [0.4, 0.5) is 0 Å². The molecule has 0 bridgehead atoms. The first-order chi connectivity index (χ1) is 7.64. The molecule has 1 unspecified atom stereocenters. The van der Waals surface area contributed by atoms with Crippen LogP contribution in [-0.4, -0.2) is 15.0 Å². The SMILES string of the molecule is CC(CNS(=O)(=O)c1sccc1Br)C(C)(C)C. The first-order valence-corrected chi connectivity index (χ1v) is 8.53. The number of hydrogen-bond donors (Lipinski definition) is 1. The van der Waals surface area contributed by atoms with Gasteiger partial charge >= 0.3 is 0 Å². The van der Waals surface area contributed by atoms with Crippen molar-refractivity contribution in [3.63, 3.8) is 0 Å². The average molecular weight is 340 g/mol. The Morgan fingerprint density at radius 2 is 2.06 bits per heavy atom. The van der Waals surface area contributed by atoms with Gasteiger partial charge in [0.05, 0.1) is 0 Å². The topological polar surface area (TPSA) is 46.2 Å². The number of thiophene rings is 1. The van der Waals surface area contributed by atoms with Gasteiger partial charge in [0.25, 0.3) is 10.0 Å². The van der Waals surface area contributed by atoms with Crippen molar-refractivity contribution in [3.8, 4) is 0 Å². The third kappa shape index (κ3) is 4.05. The molecule has 0 aliphatic rings. The minimum Gasteiger partial charge on any atom is -0.210 e. The van der Waals surface area contributed by atoms with Crippen LogP contribution >= 0.6 is 27.3 Å². The summed E-state index contributed by atoms with van der Waals surface area (Å²) in [7, 11) is -3.38. The van der Waals surface area contributed by atoms with Crippen molar-refractivity contribution in [1.29, 1.82) is 0 Å². The maximum atomic E-state index is 12.0. The molecule has 0 saturated heterocycles. The van der Waals surface area contributed by atoms with E-state index in [1.54, 1.807) is 11.4 Å². The number of rotatable bonds is 4. The van der Waals surface area contributed by atoms with Crippen molar-refractivity contribution in [2.75, 3.05) is 6.54 Å². The van der Waals surface area contributed by atoms with Gasteiger partial charge in [0.1, 0.15) is 4.21 Å². The van der Waals surface area contributed by atoms with E-state index >= 15 is 0 Å². The molecule has 6 heteroatoms. The van der Waals surface area contributed by atoms with Gasteiger partial charge in [-0.1, -0.05) is 27.7 Å². The summed E-state index contributed by atoms with van der Waals surface area (Å²) in [6, 6.07) is 1.74. The first-order valence-electron chi connectivity index (χ1n) is 5.37. The molecule has 0 aliphatic heterocycles. The van der Waals surface area contributed by atoms with Crippen LogP contribution in [0.15, 0.2) is 20.1 Å². The number of hydrogen-bond acceptors (Lipinski definition) is 3. The molecule has 0 radical (unpaired) electrons. The van der Waals surface area contributed by atoms with Gasteiger partial charge in [0, 0.05) is 11.0 Å². The van der Waals surface area contributed by atoms with Gasteiger partial charge in [-0.2, -0.15) is 0 Å². The summed E-state index contributed by atoms with van der Waals surface area (Å²) in [5.74, 6) is 0.274. The Kier molecular flexibility index (Phi) is 4.80. The molecule has 0 amide bonds. The molecule has 1 aromatic rings. The molecule has 0 saturated carbocycles. The van der Waals surface area contributed by atoms with Crippen molar-refractivity contribution >= 4 is 37.3 Å². The smallest absolute Gasteiger partial charge is 0.210 e. The van der Waals surface area contributed by atoms with Crippen LogP contribution in [0.3, 0.4) is 0 Å². The Balaban J connectivity index is 2.74. The molecule has 0 spiro atoms. The summed E-state index contributed by atoms with van der Waals surface area (Å²) in [5.41, 5.74) is 0.0925. The molecule has 3 nitrogen and oxygen atoms in total. The predicted octanol–water partition coefficient (Wildman–Crippen LogP) is 3.47. The van der Waals surface area contributed by atoms with Crippen LogP contribution in [0.1, 0.15) is 27.7 Å². The van der Waals surface area contributed by atoms with Crippen LogP contribution in [-0.2, 0) is 10.0 Å². The molecule has 0 aliphatic carbocycles. The summed E-state index contributed by atoms with van der Waals surface area (Å²) in [5, 5.41) is 1.76. The summed E-state index contributed by atoms with van der Waals surface area (Å²) in [6.07, 6.45) is 0. The van der Waals surface area contributed by atoms with E-state index in [1.165, 1.54) is 11.3 Å². The number of halogens is 1. The van der Waals surface area contributed by atoms with E-state index in [0.717, 1.165) is 0 Å². The lowest BCUT2D eigenvalue weighted by molar-refractivity contribution is 0.263. The van der Waals surface area contributed by atoms with Crippen molar-refractivity contribution < 1.29 is 8.42 Å². The van der Waals surface area contributed by atoms with Crippen LogP contribution in [0.2, 0.25) is 0 Å². The summed E-state index contributed by atoms with van der Waals surface area (Å²) < 4.78 is 27.7. The standard InChI is InChI=1S/C11H18BrNO2S2/c1-8(11(2,3)4)7-13-17(14,15)10-9(12)5-6-16-10/h5-6,8,13H,7H2,1-4H3. The molecular weight excluding hydrogens is 322 g/mol. The summed E-state index contributed by atoms with van der Waals surface area (Å²) in [6.45, 7) is 8.81. The van der Waals surface area contributed by atoms with Gasteiger partial charge in [0.15, 0.2) is 0 Å². The molecule has 1 aromatic heterocycles. The Morgan fingerprint density at radius 3 is 2.47 bits per heavy atom. The minimum absolute atomic E-state index is 0.0925. The fraction of sp³-hybridized carbons (Fsp3) is 0.636. The first kappa shape index (κ1) is 15.1. The van der Waals surface area contributed by atoms with E-state index in [1.807, 2.05) is 6.92 Å². The van der Waals surface area contributed by atoms with E-state index < -0.39 is 10.0 Å². The van der Waals surface area contributed by atoms with Gasteiger partial charge in [-0.25, -0.2) is 13.1 Å². The Morgan fingerprint density at radius 1 is 1.47 bits per heavy atom. The normalized spacial score (nSPS) is 14.9. The second-order valence-corrected chi connectivity index (χ2v) is 8.91. The molecule has 1 rings (SSSR count). The van der Waals surface area contributed by atoms with E-state index in [0.29, 0.717) is 15.2 Å². The van der Waals surface area contributed by atoms with Crippen LogP contribution in [0.5, 0.6) is 0 Å². The van der Waals surface area contributed by atoms with Crippen molar-refractivity contribution in [3.05, 3.63) is 15.9 Å². The molecule has 1 heterocycles. The number of nitrogens with one attached hydrogen (secondary N) is 1. The highest BCUT2D eigenvalue weighted by atomic mass is 79.9. The second kappa shape index (κ2) is 5.38. The van der Waals surface area contributed by atoms with E-state index in [-0.39, 0.29) is 11.3 Å². The van der Waals surface area contributed by atoms with Gasteiger partial charge in [-0.3, -0.25) is 0 Å². The highest BCUT2D eigenvalue weighted by molar-refractivity contribution is 9.10. The fourth-order valence-corrected chi connectivity index (χ4v) is 4.59. The third-order valence-electron chi connectivity index (χ3n) is 2.89. The van der Waals surface area contributed by atoms with Crippen molar-refractivity contribution in [1.82, 2.24) is 4.72 Å². The number of sulfonamides is 1. The van der Waals surface area contributed by atoms with Crippen LogP contribution in [0.25, 0.3) is 0 Å². The maximum Gasteiger partial charge on any atom is 0.251 e. The monoisotopic (exact) mass is 339 g/mol. The van der Waals surface area contributed by atoms with Crippen molar-refractivity contribution in [2.45, 2.75) is 31.9 Å². The molecule has 1 N–H and O–H groups in total. The quantitative estimate of drug-likeness (QED) is 0.912. The van der Waals surface area contributed by atoms with Crippen LogP contribution in [0, 0.1) is 11.3 Å². The molecular formula is C11H18BrNO2S2. The minimum atomic E-state index is -3.38. The molecule has 0 aromatic carbocycles. The fourth-order valence-electron chi connectivity index (χ4n) is 1.08. The van der Waals surface area contributed by atoms with E-state index in [4.69, 9.17) is 0 Å².